The van der Waals surface area contributed by atoms with Crippen molar-refractivity contribution in [1.29, 1.82) is 0 Å². The van der Waals surface area contributed by atoms with Crippen molar-refractivity contribution in [3.05, 3.63) is 87.9 Å². The number of nitrogens with zero attached hydrogens (tertiary/aromatic N) is 1. The van der Waals surface area contributed by atoms with Crippen molar-refractivity contribution < 1.29 is 28.6 Å². The summed E-state index contributed by atoms with van der Waals surface area (Å²) in [5.74, 6) is 0.0456. The Morgan fingerprint density at radius 2 is 1.59 bits per heavy atom. The van der Waals surface area contributed by atoms with Crippen molar-refractivity contribution in [1.82, 2.24) is 5.32 Å². The molecule has 0 aromatic heterocycles. The molecule has 3 aromatic rings. The number of rotatable bonds is 9. The Morgan fingerprint density at radius 1 is 0.892 bits per heavy atom. The number of hydrogen-bond acceptors (Lipinski definition) is 6. The molecule has 8 nitrogen and oxygen atoms in total. The highest BCUT2D eigenvalue weighted by molar-refractivity contribution is 9.10. The van der Waals surface area contributed by atoms with Gasteiger partial charge in [-0.2, -0.15) is 0 Å². The third kappa shape index (κ3) is 6.00. The smallest absolute Gasteiger partial charge is 0.335 e. The van der Waals surface area contributed by atoms with Crippen molar-refractivity contribution in [3.8, 4) is 17.2 Å². The molecule has 0 saturated carbocycles. The molecule has 0 bridgehead atoms. The van der Waals surface area contributed by atoms with Crippen LogP contribution in [-0.2, 0) is 16.2 Å². The number of nitrogens with one attached hydrogen (secondary N) is 1. The van der Waals surface area contributed by atoms with E-state index in [9.17, 15) is 14.4 Å². The van der Waals surface area contributed by atoms with Crippen molar-refractivity contribution in [2.75, 3.05) is 18.1 Å². The van der Waals surface area contributed by atoms with Crippen LogP contribution in [0.4, 0.5) is 10.5 Å². The molecule has 1 fully saturated rings. The topological polar surface area (TPSA) is 94.2 Å². The molecule has 0 atom stereocenters. The van der Waals surface area contributed by atoms with Crippen LogP contribution in [0.15, 0.2) is 76.8 Å². The lowest BCUT2D eigenvalue weighted by Gasteiger charge is -2.26. The lowest BCUT2D eigenvalue weighted by molar-refractivity contribution is -0.122. The minimum Gasteiger partial charge on any atom is -0.490 e. The van der Waals surface area contributed by atoms with Gasteiger partial charge in [0.2, 0.25) is 0 Å². The van der Waals surface area contributed by atoms with Crippen LogP contribution in [-0.4, -0.2) is 31.1 Å². The van der Waals surface area contributed by atoms with Gasteiger partial charge in [0.05, 0.1) is 23.4 Å². The van der Waals surface area contributed by atoms with Crippen LogP contribution >= 0.6 is 15.9 Å². The van der Waals surface area contributed by atoms with E-state index in [0.717, 1.165) is 10.5 Å². The molecule has 1 heterocycles. The summed E-state index contributed by atoms with van der Waals surface area (Å²) in [7, 11) is 0. The predicted molar refractivity (Wildman–Crippen MR) is 143 cm³/mol. The molecule has 0 unspecified atom stereocenters. The van der Waals surface area contributed by atoms with Crippen LogP contribution in [0.3, 0.4) is 0 Å². The zero-order valence-electron chi connectivity index (χ0n) is 20.3. The van der Waals surface area contributed by atoms with E-state index in [-0.39, 0.29) is 5.57 Å². The van der Waals surface area contributed by atoms with Crippen molar-refractivity contribution in [2.24, 2.45) is 0 Å². The highest BCUT2D eigenvalue weighted by atomic mass is 79.9. The molecule has 0 radical (unpaired) electrons. The minimum absolute atomic E-state index is 0.192. The van der Waals surface area contributed by atoms with Gasteiger partial charge >= 0.3 is 6.03 Å². The number of carbonyl (C=O) groups excluding carboxylic acids is 3. The van der Waals surface area contributed by atoms with Gasteiger partial charge in [-0.1, -0.05) is 30.3 Å². The Bertz CT molecular complexity index is 1340. The molecule has 3 aromatic carbocycles. The third-order valence-electron chi connectivity index (χ3n) is 5.38. The van der Waals surface area contributed by atoms with Gasteiger partial charge in [0.1, 0.15) is 17.9 Å². The second-order valence-electron chi connectivity index (χ2n) is 7.92. The maximum atomic E-state index is 13.3. The summed E-state index contributed by atoms with van der Waals surface area (Å²) in [5.41, 5.74) is 1.65. The van der Waals surface area contributed by atoms with Crippen molar-refractivity contribution in [2.45, 2.75) is 20.5 Å². The number of amides is 4. The normalized spacial score (nSPS) is 14.5. The summed E-state index contributed by atoms with van der Waals surface area (Å²) in [6.45, 7) is 4.92. The SMILES string of the molecule is CCOc1cc(/C=C2\C(=O)NC(=O)N(c3ccc(OCc4ccccc4)cc3)C2=O)cc(Br)c1OCC. The fraction of sp³-hybridized carbons (Fsp3) is 0.179. The fourth-order valence-electron chi connectivity index (χ4n) is 3.71. The summed E-state index contributed by atoms with van der Waals surface area (Å²) in [6, 6.07) is 18.8. The Kier molecular flexibility index (Phi) is 8.25. The van der Waals surface area contributed by atoms with Crippen LogP contribution in [0.1, 0.15) is 25.0 Å². The Morgan fingerprint density at radius 3 is 2.27 bits per heavy atom. The molecule has 0 aliphatic carbocycles. The first-order valence-electron chi connectivity index (χ1n) is 11.7. The van der Waals surface area contributed by atoms with Crippen LogP contribution < -0.4 is 24.4 Å². The van der Waals surface area contributed by atoms with Gasteiger partial charge in [0.15, 0.2) is 11.5 Å². The second kappa shape index (κ2) is 11.7. The van der Waals surface area contributed by atoms with Crippen LogP contribution in [0.25, 0.3) is 6.08 Å². The van der Waals surface area contributed by atoms with Crippen LogP contribution in [0.5, 0.6) is 17.2 Å². The van der Waals surface area contributed by atoms with E-state index in [1.165, 1.54) is 6.08 Å². The molecule has 1 aliphatic heterocycles. The number of halogens is 1. The highest BCUT2D eigenvalue weighted by Crippen LogP contribution is 2.38. The summed E-state index contributed by atoms with van der Waals surface area (Å²) >= 11 is 3.46. The first-order chi connectivity index (χ1) is 17.9. The number of barbiturate groups is 1. The molecule has 190 valence electrons. The summed E-state index contributed by atoms with van der Waals surface area (Å²) < 4.78 is 17.7. The number of imide groups is 2. The average molecular weight is 565 g/mol. The summed E-state index contributed by atoms with van der Waals surface area (Å²) in [5, 5.41) is 2.24. The van der Waals surface area contributed by atoms with Gasteiger partial charge in [0.25, 0.3) is 11.8 Å². The quantitative estimate of drug-likeness (QED) is 0.273. The highest BCUT2D eigenvalue weighted by Gasteiger charge is 2.37. The van der Waals surface area contributed by atoms with E-state index in [0.29, 0.717) is 52.8 Å². The molecule has 1 N–H and O–H groups in total. The number of anilines is 1. The molecule has 1 aliphatic rings. The molecular formula is C28H25BrN2O6. The zero-order valence-corrected chi connectivity index (χ0v) is 21.9. The minimum atomic E-state index is -0.826. The monoisotopic (exact) mass is 564 g/mol. The summed E-state index contributed by atoms with van der Waals surface area (Å²) in [6.07, 6.45) is 1.41. The van der Waals surface area contributed by atoms with Gasteiger partial charge in [0, 0.05) is 0 Å². The molecule has 1 saturated heterocycles. The van der Waals surface area contributed by atoms with E-state index in [1.54, 1.807) is 36.4 Å². The lowest BCUT2D eigenvalue weighted by atomic mass is 10.1. The predicted octanol–water partition coefficient (Wildman–Crippen LogP) is 5.49. The van der Waals surface area contributed by atoms with E-state index >= 15 is 0 Å². The van der Waals surface area contributed by atoms with Crippen molar-refractivity contribution >= 4 is 45.5 Å². The molecule has 9 heteroatoms. The van der Waals surface area contributed by atoms with E-state index in [2.05, 4.69) is 21.2 Å². The van der Waals surface area contributed by atoms with Crippen LogP contribution in [0, 0.1) is 0 Å². The first kappa shape index (κ1) is 26.0. The Hall–Kier alpha value is -4.11. The van der Waals surface area contributed by atoms with Crippen molar-refractivity contribution in [3.63, 3.8) is 0 Å². The average Bonchev–Trinajstić information content (AvgIpc) is 2.89. The lowest BCUT2D eigenvalue weighted by Crippen LogP contribution is -2.54. The largest absolute Gasteiger partial charge is 0.490 e. The maximum Gasteiger partial charge on any atom is 0.335 e. The van der Waals surface area contributed by atoms with Gasteiger partial charge in [-0.05, 0) is 83.4 Å². The Balaban J connectivity index is 1.58. The number of ether oxygens (including phenoxy) is 3. The van der Waals surface area contributed by atoms with Gasteiger partial charge in [-0.15, -0.1) is 0 Å². The Labute approximate surface area is 223 Å². The number of carbonyl (C=O) groups is 3. The molecule has 37 heavy (non-hydrogen) atoms. The standard InChI is InChI=1S/C28H25BrN2O6/c1-3-35-24-16-19(15-23(29)25(24)36-4-2)14-22-26(32)30-28(34)31(27(22)33)20-10-12-21(13-11-20)37-17-18-8-6-5-7-9-18/h5-16H,3-4,17H2,1-2H3,(H,30,32,34)/b22-14+. The molecule has 4 rings (SSSR count). The second-order valence-corrected chi connectivity index (χ2v) is 8.78. The number of hydrogen-bond donors (Lipinski definition) is 1. The van der Waals surface area contributed by atoms with Crippen LogP contribution in [0.2, 0.25) is 0 Å². The van der Waals surface area contributed by atoms with E-state index < -0.39 is 17.8 Å². The van der Waals surface area contributed by atoms with Gasteiger partial charge in [-0.25, -0.2) is 9.69 Å². The third-order valence-corrected chi connectivity index (χ3v) is 5.97. The van der Waals surface area contributed by atoms with E-state index in [4.69, 9.17) is 14.2 Å². The number of benzene rings is 3. The molecular weight excluding hydrogens is 540 g/mol. The maximum absolute atomic E-state index is 13.3. The molecule has 4 amide bonds. The van der Waals surface area contributed by atoms with Gasteiger partial charge in [-0.3, -0.25) is 14.9 Å². The number of urea groups is 1. The zero-order chi connectivity index (χ0) is 26.4. The summed E-state index contributed by atoms with van der Waals surface area (Å²) in [4.78, 5) is 39.4. The van der Waals surface area contributed by atoms with Gasteiger partial charge < -0.3 is 14.2 Å². The first-order valence-corrected chi connectivity index (χ1v) is 12.5. The molecule has 0 spiro atoms. The van der Waals surface area contributed by atoms with E-state index in [1.807, 2.05) is 44.2 Å². The fourth-order valence-corrected chi connectivity index (χ4v) is 4.28.